The van der Waals surface area contributed by atoms with E-state index in [0.29, 0.717) is 11.1 Å². The molecule has 0 saturated heterocycles. The molecule has 0 fully saturated rings. The SMILES string of the molecule is C=C(C)C(=O)OCCOC(=O)Cc1cc(-c2ccc3c(ccc4ccccc43)c2)c(O)c(C(C)(C)C)c1. The third kappa shape index (κ3) is 5.83. The van der Waals surface area contributed by atoms with Gasteiger partial charge in [-0.15, -0.1) is 0 Å². The smallest absolute Gasteiger partial charge is 0.333 e. The van der Waals surface area contributed by atoms with Crippen molar-refractivity contribution < 1.29 is 24.2 Å². The van der Waals surface area contributed by atoms with Crippen LogP contribution in [0.2, 0.25) is 0 Å². The number of ether oxygens (including phenoxy) is 2. The maximum absolute atomic E-state index is 12.5. The van der Waals surface area contributed by atoms with E-state index in [-0.39, 0.29) is 30.8 Å². The highest BCUT2D eigenvalue weighted by Gasteiger charge is 2.23. The highest BCUT2D eigenvalue weighted by Crippen LogP contribution is 2.41. The van der Waals surface area contributed by atoms with E-state index in [1.807, 2.05) is 51.1 Å². The van der Waals surface area contributed by atoms with E-state index in [9.17, 15) is 14.7 Å². The Morgan fingerprint density at radius 3 is 2.27 bits per heavy atom. The quantitative estimate of drug-likeness (QED) is 0.131. The maximum atomic E-state index is 12.5. The number of phenols is 1. The fourth-order valence-electron chi connectivity index (χ4n) is 4.40. The van der Waals surface area contributed by atoms with Gasteiger partial charge in [-0.25, -0.2) is 4.79 Å². The molecule has 4 aromatic carbocycles. The molecule has 0 aliphatic rings. The number of hydrogen-bond acceptors (Lipinski definition) is 5. The molecule has 0 aliphatic heterocycles. The van der Waals surface area contributed by atoms with Crippen molar-refractivity contribution in [2.75, 3.05) is 13.2 Å². The Hall–Kier alpha value is -4.12. The van der Waals surface area contributed by atoms with E-state index in [1.165, 1.54) is 10.8 Å². The van der Waals surface area contributed by atoms with Crippen LogP contribution in [0.15, 0.2) is 78.9 Å². The Kier molecular flexibility index (Phi) is 7.35. The molecule has 190 valence electrons. The monoisotopic (exact) mass is 496 g/mol. The molecule has 0 unspecified atom stereocenters. The van der Waals surface area contributed by atoms with E-state index in [1.54, 1.807) is 6.92 Å². The number of hydrogen-bond donors (Lipinski definition) is 1. The second kappa shape index (κ2) is 10.5. The summed E-state index contributed by atoms with van der Waals surface area (Å²) in [5.41, 5.74) is 2.97. The van der Waals surface area contributed by atoms with Gasteiger partial charge in [0, 0.05) is 16.7 Å². The zero-order chi connectivity index (χ0) is 26.7. The van der Waals surface area contributed by atoms with Gasteiger partial charge in [0.2, 0.25) is 0 Å². The lowest BCUT2D eigenvalue weighted by molar-refractivity contribution is -0.149. The Labute approximate surface area is 217 Å². The van der Waals surface area contributed by atoms with Crippen LogP contribution >= 0.6 is 0 Å². The predicted octanol–water partition coefficient (Wildman–Crippen LogP) is 6.87. The number of benzene rings is 4. The first kappa shape index (κ1) is 26.0. The highest BCUT2D eigenvalue weighted by molar-refractivity contribution is 6.08. The Morgan fingerprint density at radius 2 is 1.54 bits per heavy atom. The van der Waals surface area contributed by atoms with Gasteiger partial charge in [-0.05, 0) is 57.1 Å². The molecule has 0 amide bonds. The van der Waals surface area contributed by atoms with E-state index >= 15 is 0 Å². The Morgan fingerprint density at radius 1 is 0.865 bits per heavy atom. The second-order valence-electron chi connectivity index (χ2n) is 10.3. The third-order valence-electron chi connectivity index (χ3n) is 6.31. The number of carbonyl (C=O) groups is 2. The van der Waals surface area contributed by atoms with Crippen LogP contribution in [-0.2, 0) is 30.9 Å². The van der Waals surface area contributed by atoms with Crippen LogP contribution in [0.1, 0.15) is 38.8 Å². The standard InChI is InChI=1S/C32H32O5/c1-20(2)31(35)37-15-14-36-29(33)18-21-16-27(30(34)28(17-21)32(3,4)5)24-12-13-26-23(19-24)11-10-22-8-6-7-9-25(22)26/h6-13,16-17,19,34H,1,14-15,18H2,2-5H3. The summed E-state index contributed by atoms with van der Waals surface area (Å²) in [5.74, 6) is -0.748. The molecule has 0 bridgehead atoms. The normalized spacial score (nSPS) is 11.5. The minimum atomic E-state index is -0.516. The summed E-state index contributed by atoms with van der Waals surface area (Å²) >= 11 is 0. The van der Waals surface area contributed by atoms with Gasteiger partial charge in [0.1, 0.15) is 19.0 Å². The molecule has 0 radical (unpaired) electrons. The molecule has 0 spiro atoms. The number of esters is 2. The lowest BCUT2D eigenvalue weighted by Crippen LogP contribution is -2.16. The van der Waals surface area contributed by atoms with Crippen LogP contribution < -0.4 is 0 Å². The molecule has 5 heteroatoms. The van der Waals surface area contributed by atoms with Crippen molar-refractivity contribution in [2.45, 2.75) is 39.5 Å². The first-order valence-electron chi connectivity index (χ1n) is 12.3. The summed E-state index contributed by atoms with van der Waals surface area (Å²) in [4.78, 5) is 24.0. The Bertz CT molecular complexity index is 1510. The first-order valence-corrected chi connectivity index (χ1v) is 12.3. The van der Waals surface area contributed by atoms with Gasteiger partial charge >= 0.3 is 11.9 Å². The number of phenolic OH excluding ortho intramolecular Hbond substituents is 1. The molecule has 4 rings (SSSR count). The number of fused-ring (bicyclic) bond motifs is 3. The molecule has 0 saturated carbocycles. The van der Waals surface area contributed by atoms with Crippen LogP contribution in [0.25, 0.3) is 32.7 Å². The van der Waals surface area contributed by atoms with Crippen molar-refractivity contribution in [2.24, 2.45) is 0 Å². The van der Waals surface area contributed by atoms with Crippen LogP contribution in [0, 0.1) is 0 Å². The molecule has 4 aromatic rings. The zero-order valence-corrected chi connectivity index (χ0v) is 21.8. The van der Waals surface area contributed by atoms with Gasteiger partial charge in [0.25, 0.3) is 0 Å². The number of rotatable bonds is 7. The van der Waals surface area contributed by atoms with E-state index in [0.717, 1.165) is 27.5 Å². The topological polar surface area (TPSA) is 72.8 Å². The van der Waals surface area contributed by atoms with Crippen molar-refractivity contribution in [3.8, 4) is 16.9 Å². The van der Waals surface area contributed by atoms with Gasteiger partial charge in [0.15, 0.2) is 0 Å². The molecule has 0 aliphatic carbocycles. The molecule has 0 atom stereocenters. The Balaban J connectivity index is 1.64. The molecule has 1 N–H and O–H groups in total. The van der Waals surface area contributed by atoms with Crippen molar-refractivity contribution in [3.05, 3.63) is 90.0 Å². The van der Waals surface area contributed by atoms with Crippen molar-refractivity contribution in [1.29, 1.82) is 0 Å². The van der Waals surface area contributed by atoms with E-state index in [2.05, 4.69) is 43.0 Å². The third-order valence-corrected chi connectivity index (χ3v) is 6.31. The molecule has 0 aromatic heterocycles. The summed E-state index contributed by atoms with van der Waals surface area (Å²) in [5, 5.41) is 15.8. The number of carbonyl (C=O) groups excluding carboxylic acids is 2. The fourth-order valence-corrected chi connectivity index (χ4v) is 4.40. The highest BCUT2D eigenvalue weighted by atomic mass is 16.6. The van der Waals surface area contributed by atoms with Crippen LogP contribution in [0.5, 0.6) is 5.75 Å². The molecular formula is C32H32O5. The van der Waals surface area contributed by atoms with Gasteiger partial charge in [-0.3, -0.25) is 4.79 Å². The van der Waals surface area contributed by atoms with Gasteiger partial charge in [-0.2, -0.15) is 0 Å². The lowest BCUT2D eigenvalue weighted by atomic mass is 9.82. The average Bonchev–Trinajstić information content (AvgIpc) is 2.86. The van der Waals surface area contributed by atoms with Crippen LogP contribution in [0.3, 0.4) is 0 Å². The van der Waals surface area contributed by atoms with E-state index in [4.69, 9.17) is 9.47 Å². The zero-order valence-electron chi connectivity index (χ0n) is 21.8. The summed E-state index contributed by atoms with van der Waals surface area (Å²) < 4.78 is 10.2. The van der Waals surface area contributed by atoms with Crippen molar-refractivity contribution >= 4 is 33.5 Å². The molecule has 5 nitrogen and oxygen atoms in total. The minimum Gasteiger partial charge on any atom is -0.507 e. The lowest BCUT2D eigenvalue weighted by Gasteiger charge is -2.23. The summed E-state index contributed by atoms with van der Waals surface area (Å²) in [6, 6.07) is 22.3. The average molecular weight is 497 g/mol. The summed E-state index contributed by atoms with van der Waals surface area (Å²) in [6.07, 6.45) is 0.0308. The van der Waals surface area contributed by atoms with Gasteiger partial charge in [-0.1, -0.05) is 81.9 Å². The molecule has 0 heterocycles. The fraction of sp³-hybridized carbons (Fsp3) is 0.250. The predicted molar refractivity (Wildman–Crippen MR) is 148 cm³/mol. The summed E-state index contributed by atoms with van der Waals surface area (Å²) in [7, 11) is 0. The number of aromatic hydroxyl groups is 1. The van der Waals surface area contributed by atoms with Gasteiger partial charge < -0.3 is 14.6 Å². The van der Waals surface area contributed by atoms with Gasteiger partial charge in [0.05, 0.1) is 6.42 Å². The minimum absolute atomic E-state index is 0.0305. The van der Waals surface area contributed by atoms with Crippen LogP contribution in [-0.4, -0.2) is 30.3 Å². The molecule has 37 heavy (non-hydrogen) atoms. The largest absolute Gasteiger partial charge is 0.507 e. The van der Waals surface area contributed by atoms with Crippen LogP contribution in [0.4, 0.5) is 0 Å². The molecular weight excluding hydrogens is 464 g/mol. The van der Waals surface area contributed by atoms with Crippen molar-refractivity contribution in [1.82, 2.24) is 0 Å². The van der Waals surface area contributed by atoms with E-state index < -0.39 is 11.9 Å². The summed E-state index contributed by atoms with van der Waals surface area (Å²) in [6.45, 7) is 11.1. The first-order chi connectivity index (χ1) is 17.5. The maximum Gasteiger partial charge on any atom is 0.333 e. The van der Waals surface area contributed by atoms with Crippen molar-refractivity contribution in [3.63, 3.8) is 0 Å². The second-order valence-corrected chi connectivity index (χ2v) is 10.3.